The minimum Gasteiger partial charge on any atom is -0.389 e. The van der Waals surface area contributed by atoms with Crippen molar-refractivity contribution < 1.29 is 5.11 Å². The van der Waals surface area contributed by atoms with E-state index in [-0.39, 0.29) is 6.10 Å². The second kappa shape index (κ2) is 4.66. The summed E-state index contributed by atoms with van der Waals surface area (Å²) in [6.07, 6.45) is 7.33. The molecule has 3 N–H and O–H groups in total. The highest BCUT2D eigenvalue weighted by molar-refractivity contribution is 5.75. The van der Waals surface area contributed by atoms with E-state index in [2.05, 4.69) is 4.98 Å². The van der Waals surface area contributed by atoms with Crippen molar-refractivity contribution in [3.05, 3.63) is 29.5 Å². The number of aliphatic hydroxyl groups excluding tert-OH is 1. The number of nitrogens with zero attached hydrogens (tertiary/aromatic N) is 1. The Bertz CT molecular complexity index is 392. The van der Waals surface area contributed by atoms with Crippen LogP contribution in [0.1, 0.15) is 36.8 Å². The van der Waals surface area contributed by atoms with Gasteiger partial charge in [-0.25, -0.2) is 4.98 Å². The van der Waals surface area contributed by atoms with E-state index in [4.69, 9.17) is 5.73 Å². The van der Waals surface area contributed by atoms with E-state index in [9.17, 15) is 5.11 Å². The number of aliphatic hydroxyl groups is 1. The minimum absolute atomic E-state index is 0.337. The molecule has 1 atom stereocenters. The average Bonchev–Trinajstić information content (AvgIpc) is 2.43. The number of allylic oxidation sites excluding steroid dienone is 1. The molecule has 3 heteroatoms. The van der Waals surface area contributed by atoms with E-state index in [1.807, 2.05) is 19.1 Å². The normalized spacial score (nSPS) is 21.4. The van der Waals surface area contributed by atoms with E-state index in [1.165, 1.54) is 0 Å². The van der Waals surface area contributed by atoms with Gasteiger partial charge < -0.3 is 10.8 Å². The third-order valence-electron chi connectivity index (χ3n) is 3.10. The Labute approximate surface area is 96.0 Å². The fourth-order valence-corrected chi connectivity index (χ4v) is 2.27. The molecule has 1 aromatic rings. The zero-order valence-electron chi connectivity index (χ0n) is 9.61. The second-order valence-corrected chi connectivity index (χ2v) is 4.39. The first-order valence-electron chi connectivity index (χ1n) is 5.78. The Hall–Kier alpha value is -1.35. The number of pyridine rings is 1. The van der Waals surface area contributed by atoms with Crippen LogP contribution >= 0.6 is 0 Å². The molecule has 16 heavy (non-hydrogen) atoms. The van der Waals surface area contributed by atoms with Gasteiger partial charge >= 0.3 is 0 Å². The molecule has 1 aromatic heterocycles. The lowest BCUT2D eigenvalue weighted by atomic mass is 9.98. The van der Waals surface area contributed by atoms with Gasteiger partial charge in [-0.1, -0.05) is 12.5 Å². The molecule has 86 valence electrons. The number of nitrogens with two attached hydrogens (primary N) is 1. The highest BCUT2D eigenvalue weighted by Gasteiger charge is 2.14. The van der Waals surface area contributed by atoms with E-state index in [0.717, 1.165) is 42.4 Å². The average molecular weight is 218 g/mol. The Morgan fingerprint density at radius 3 is 3.00 bits per heavy atom. The van der Waals surface area contributed by atoms with Gasteiger partial charge in [-0.3, -0.25) is 0 Å². The van der Waals surface area contributed by atoms with Crippen molar-refractivity contribution in [1.29, 1.82) is 0 Å². The summed E-state index contributed by atoms with van der Waals surface area (Å²) in [5.74, 6) is 0.570. The standard InChI is InChI=1S/C13H18N2O/c1-9-6-7-15-13(14)12(9)10-4-2-3-5-11(16)8-10/h6-8,11,16H,2-5H2,1H3,(H2,14,15). The van der Waals surface area contributed by atoms with Crippen molar-refractivity contribution in [3.63, 3.8) is 0 Å². The molecule has 0 aromatic carbocycles. The predicted molar refractivity (Wildman–Crippen MR) is 65.8 cm³/mol. The first-order valence-corrected chi connectivity index (χ1v) is 5.78. The van der Waals surface area contributed by atoms with Crippen molar-refractivity contribution in [1.82, 2.24) is 4.98 Å². The summed E-state index contributed by atoms with van der Waals surface area (Å²) in [5, 5.41) is 9.77. The van der Waals surface area contributed by atoms with Crippen LogP contribution in [0.15, 0.2) is 18.3 Å². The van der Waals surface area contributed by atoms with Gasteiger partial charge in [-0.2, -0.15) is 0 Å². The van der Waals surface area contributed by atoms with Gasteiger partial charge in [0.2, 0.25) is 0 Å². The van der Waals surface area contributed by atoms with Crippen LogP contribution in [0.25, 0.3) is 5.57 Å². The fourth-order valence-electron chi connectivity index (χ4n) is 2.27. The summed E-state index contributed by atoms with van der Waals surface area (Å²) in [7, 11) is 0. The first-order chi connectivity index (χ1) is 7.68. The smallest absolute Gasteiger partial charge is 0.131 e. The predicted octanol–water partition coefficient (Wildman–Crippen LogP) is 2.29. The maximum atomic E-state index is 9.77. The largest absolute Gasteiger partial charge is 0.389 e. The zero-order chi connectivity index (χ0) is 11.5. The number of aryl methyl sites for hydroxylation is 1. The Kier molecular flexibility index (Phi) is 3.25. The molecular formula is C13H18N2O. The van der Waals surface area contributed by atoms with Crippen LogP contribution in [-0.2, 0) is 0 Å². The third-order valence-corrected chi connectivity index (χ3v) is 3.10. The van der Waals surface area contributed by atoms with Crippen molar-refractivity contribution in [2.75, 3.05) is 5.73 Å². The second-order valence-electron chi connectivity index (χ2n) is 4.39. The number of rotatable bonds is 1. The maximum absolute atomic E-state index is 9.77. The van der Waals surface area contributed by atoms with Crippen LogP contribution in [-0.4, -0.2) is 16.2 Å². The van der Waals surface area contributed by atoms with E-state index < -0.39 is 0 Å². The molecule has 0 amide bonds. The molecule has 0 spiro atoms. The van der Waals surface area contributed by atoms with Crippen molar-refractivity contribution in [3.8, 4) is 0 Å². The van der Waals surface area contributed by atoms with E-state index in [1.54, 1.807) is 6.20 Å². The minimum atomic E-state index is -0.337. The van der Waals surface area contributed by atoms with Crippen LogP contribution < -0.4 is 5.73 Å². The molecule has 0 saturated carbocycles. The lowest BCUT2D eigenvalue weighted by Crippen LogP contribution is -2.03. The number of hydrogen-bond acceptors (Lipinski definition) is 3. The third kappa shape index (κ3) is 2.25. The molecule has 0 radical (unpaired) electrons. The van der Waals surface area contributed by atoms with Crippen molar-refractivity contribution in [2.24, 2.45) is 0 Å². The van der Waals surface area contributed by atoms with Gasteiger partial charge in [0.1, 0.15) is 5.82 Å². The van der Waals surface area contributed by atoms with Gasteiger partial charge in [0, 0.05) is 11.8 Å². The highest BCUT2D eigenvalue weighted by atomic mass is 16.3. The van der Waals surface area contributed by atoms with Crippen molar-refractivity contribution in [2.45, 2.75) is 38.7 Å². The summed E-state index contributed by atoms with van der Waals surface area (Å²) >= 11 is 0. The van der Waals surface area contributed by atoms with Gasteiger partial charge in [-0.05, 0) is 43.4 Å². The molecule has 2 rings (SSSR count). The maximum Gasteiger partial charge on any atom is 0.131 e. The Morgan fingerprint density at radius 1 is 1.44 bits per heavy atom. The molecule has 0 saturated heterocycles. The van der Waals surface area contributed by atoms with E-state index >= 15 is 0 Å². The fraction of sp³-hybridized carbons (Fsp3) is 0.462. The molecule has 1 aliphatic rings. The number of aromatic nitrogens is 1. The molecule has 3 nitrogen and oxygen atoms in total. The zero-order valence-corrected chi connectivity index (χ0v) is 9.61. The molecule has 1 unspecified atom stereocenters. The van der Waals surface area contributed by atoms with Gasteiger partial charge in [0.05, 0.1) is 6.10 Å². The molecule has 0 bridgehead atoms. The Balaban J connectivity index is 2.42. The molecular weight excluding hydrogens is 200 g/mol. The van der Waals surface area contributed by atoms with Gasteiger partial charge in [0.15, 0.2) is 0 Å². The van der Waals surface area contributed by atoms with E-state index in [0.29, 0.717) is 5.82 Å². The quantitative estimate of drug-likeness (QED) is 0.760. The summed E-state index contributed by atoms with van der Waals surface area (Å²) in [6.45, 7) is 2.03. The lowest BCUT2D eigenvalue weighted by Gasteiger charge is -2.12. The molecule has 0 fully saturated rings. The molecule has 1 aliphatic carbocycles. The first kappa shape index (κ1) is 11.1. The van der Waals surface area contributed by atoms with Crippen molar-refractivity contribution >= 4 is 11.4 Å². The monoisotopic (exact) mass is 218 g/mol. The SMILES string of the molecule is Cc1ccnc(N)c1C1=CC(O)CCCC1. The van der Waals surface area contributed by atoms with Crippen LogP contribution in [0.3, 0.4) is 0 Å². The van der Waals surface area contributed by atoms with Crippen LogP contribution in [0.4, 0.5) is 5.82 Å². The van der Waals surface area contributed by atoms with Crippen LogP contribution in [0.2, 0.25) is 0 Å². The molecule has 0 aliphatic heterocycles. The summed E-state index contributed by atoms with van der Waals surface area (Å²) in [6, 6.07) is 1.96. The Morgan fingerprint density at radius 2 is 2.25 bits per heavy atom. The van der Waals surface area contributed by atoms with Crippen LogP contribution in [0.5, 0.6) is 0 Å². The number of anilines is 1. The summed E-state index contributed by atoms with van der Waals surface area (Å²) < 4.78 is 0. The molecule has 1 heterocycles. The summed E-state index contributed by atoms with van der Waals surface area (Å²) in [4.78, 5) is 4.13. The lowest BCUT2D eigenvalue weighted by molar-refractivity contribution is 0.211. The number of nitrogen functional groups attached to an aromatic ring is 1. The van der Waals surface area contributed by atoms with Gasteiger partial charge in [0.25, 0.3) is 0 Å². The number of hydrogen-bond donors (Lipinski definition) is 2. The van der Waals surface area contributed by atoms with Crippen LogP contribution in [0, 0.1) is 6.92 Å². The highest BCUT2D eigenvalue weighted by Crippen LogP contribution is 2.30. The summed E-state index contributed by atoms with van der Waals surface area (Å²) in [5.41, 5.74) is 9.21. The topological polar surface area (TPSA) is 59.1 Å². The van der Waals surface area contributed by atoms with Gasteiger partial charge in [-0.15, -0.1) is 0 Å².